The number of anilines is 2. The van der Waals surface area contributed by atoms with Crippen LogP contribution in [0, 0.1) is 6.92 Å². The molecule has 0 aliphatic heterocycles. The van der Waals surface area contributed by atoms with Gasteiger partial charge in [0.1, 0.15) is 0 Å². The lowest BCUT2D eigenvalue weighted by Gasteiger charge is -2.12. The lowest BCUT2D eigenvalue weighted by molar-refractivity contribution is -0.128. The summed E-state index contributed by atoms with van der Waals surface area (Å²) in [7, 11) is 3.50. The van der Waals surface area contributed by atoms with E-state index in [1.54, 1.807) is 19.0 Å². The highest BCUT2D eigenvalue weighted by Gasteiger charge is 2.07. The molecule has 0 saturated heterocycles. The number of hydrogen-bond acceptors (Lipinski definition) is 3. The van der Waals surface area contributed by atoms with Crippen molar-refractivity contribution in [2.45, 2.75) is 19.8 Å². The van der Waals surface area contributed by atoms with Crippen molar-refractivity contribution >= 4 is 34.8 Å². The number of halogens is 1. The van der Waals surface area contributed by atoms with Crippen LogP contribution in [0.3, 0.4) is 0 Å². The minimum Gasteiger partial charge on any atom is -0.376 e. The van der Waals surface area contributed by atoms with Crippen molar-refractivity contribution in [1.29, 1.82) is 0 Å². The predicted octanol–water partition coefficient (Wildman–Crippen LogP) is 3.72. The van der Waals surface area contributed by atoms with E-state index in [-0.39, 0.29) is 18.4 Å². The molecule has 0 heterocycles. The quantitative estimate of drug-likeness (QED) is 0.777. The molecule has 0 radical (unpaired) electrons. The molecule has 0 aliphatic rings. The second kappa shape index (κ2) is 9.25. The Labute approximate surface area is 159 Å². The summed E-state index contributed by atoms with van der Waals surface area (Å²) in [5.74, 6) is -0.0373. The third-order valence-electron chi connectivity index (χ3n) is 4.07. The summed E-state index contributed by atoms with van der Waals surface area (Å²) in [6.07, 6.45) is 1.16. The Morgan fingerprint density at radius 1 is 1.08 bits per heavy atom. The van der Waals surface area contributed by atoms with Gasteiger partial charge in [-0.05, 0) is 48.7 Å². The SMILES string of the molecule is Cc1c(Cl)cccc1NCC(=O)Nc1ccc(CCC(=O)N(C)C)cc1. The minimum absolute atomic E-state index is 0.102. The van der Waals surface area contributed by atoms with Gasteiger partial charge in [-0.25, -0.2) is 0 Å². The Balaban J connectivity index is 1.83. The van der Waals surface area contributed by atoms with Crippen molar-refractivity contribution in [3.05, 3.63) is 58.6 Å². The van der Waals surface area contributed by atoms with E-state index in [4.69, 9.17) is 11.6 Å². The first kappa shape index (κ1) is 19.8. The molecule has 5 nitrogen and oxygen atoms in total. The molecule has 0 atom stereocenters. The zero-order valence-corrected chi connectivity index (χ0v) is 16.1. The van der Waals surface area contributed by atoms with Gasteiger partial charge in [0.2, 0.25) is 11.8 Å². The maximum absolute atomic E-state index is 12.1. The van der Waals surface area contributed by atoms with Crippen LogP contribution in [0.1, 0.15) is 17.5 Å². The Morgan fingerprint density at radius 3 is 2.42 bits per heavy atom. The van der Waals surface area contributed by atoms with E-state index in [9.17, 15) is 9.59 Å². The first-order valence-corrected chi connectivity index (χ1v) is 8.82. The highest BCUT2D eigenvalue weighted by molar-refractivity contribution is 6.31. The third-order valence-corrected chi connectivity index (χ3v) is 4.48. The molecule has 0 bridgehead atoms. The first-order chi connectivity index (χ1) is 12.4. The molecule has 0 aromatic heterocycles. The fraction of sp³-hybridized carbons (Fsp3) is 0.300. The molecule has 26 heavy (non-hydrogen) atoms. The van der Waals surface area contributed by atoms with Crippen LogP contribution in [0.15, 0.2) is 42.5 Å². The smallest absolute Gasteiger partial charge is 0.243 e. The van der Waals surface area contributed by atoms with E-state index in [1.807, 2.05) is 49.4 Å². The Hall–Kier alpha value is -2.53. The molecule has 2 amide bonds. The topological polar surface area (TPSA) is 61.4 Å². The van der Waals surface area contributed by atoms with Crippen LogP contribution < -0.4 is 10.6 Å². The lowest BCUT2D eigenvalue weighted by atomic mass is 10.1. The monoisotopic (exact) mass is 373 g/mol. The summed E-state index contributed by atoms with van der Waals surface area (Å²) >= 11 is 6.07. The number of nitrogens with zero attached hydrogens (tertiary/aromatic N) is 1. The third kappa shape index (κ3) is 5.77. The number of aryl methyl sites for hydroxylation is 1. The van der Waals surface area contributed by atoms with E-state index in [0.717, 1.165) is 22.5 Å². The largest absolute Gasteiger partial charge is 0.376 e. The Bertz CT molecular complexity index is 773. The molecule has 0 fully saturated rings. The molecule has 0 saturated carbocycles. The standard InChI is InChI=1S/C20H24ClN3O2/c1-14-17(21)5-4-6-18(14)22-13-19(25)23-16-10-7-15(8-11-16)9-12-20(26)24(2)3/h4-8,10-11,22H,9,12-13H2,1-3H3,(H,23,25). The number of nitrogens with one attached hydrogen (secondary N) is 2. The van der Waals surface area contributed by atoms with Gasteiger partial charge in [-0.1, -0.05) is 29.8 Å². The van der Waals surface area contributed by atoms with Crippen LogP contribution in [0.4, 0.5) is 11.4 Å². The van der Waals surface area contributed by atoms with Crippen LogP contribution in [0.5, 0.6) is 0 Å². The molecule has 0 unspecified atom stereocenters. The van der Waals surface area contributed by atoms with Crippen LogP contribution in [-0.2, 0) is 16.0 Å². The fourth-order valence-electron chi connectivity index (χ4n) is 2.41. The van der Waals surface area contributed by atoms with Crippen LogP contribution >= 0.6 is 11.6 Å². The van der Waals surface area contributed by atoms with Gasteiger partial charge in [0.25, 0.3) is 0 Å². The van der Waals surface area contributed by atoms with E-state index >= 15 is 0 Å². The molecule has 2 aromatic carbocycles. The Kier molecular flexibility index (Phi) is 7.04. The maximum atomic E-state index is 12.1. The minimum atomic E-state index is -0.139. The van der Waals surface area contributed by atoms with Gasteiger partial charge in [-0.2, -0.15) is 0 Å². The molecule has 138 valence electrons. The summed E-state index contributed by atoms with van der Waals surface area (Å²) in [6.45, 7) is 2.06. The Morgan fingerprint density at radius 2 is 1.77 bits per heavy atom. The van der Waals surface area contributed by atoms with Gasteiger partial charge in [0, 0.05) is 36.9 Å². The number of hydrogen-bond donors (Lipinski definition) is 2. The van der Waals surface area contributed by atoms with Crippen molar-refractivity contribution < 1.29 is 9.59 Å². The molecule has 2 N–H and O–H groups in total. The van der Waals surface area contributed by atoms with Gasteiger partial charge in [-0.3, -0.25) is 9.59 Å². The molecule has 2 aromatic rings. The van der Waals surface area contributed by atoms with Gasteiger partial charge in [-0.15, -0.1) is 0 Å². The van der Waals surface area contributed by atoms with Crippen molar-refractivity contribution in [3.8, 4) is 0 Å². The number of carbonyl (C=O) groups excluding carboxylic acids is 2. The van der Waals surface area contributed by atoms with Gasteiger partial charge < -0.3 is 15.5 Å². The lowest BCUT2D eigenvalue weighted by Crippen LogP contribution is -2.22. The van der Waals surface area contributed by atoms with Crippen LogP contribution in [0.2, 0.25) is 5.02 Å². The summed E-state index contributed by atoms with van der Waals surface area (Å²) in [5.41, 5.74) is 3.54. The van der Waals surface area contributed by atoms with Crippen molar-refractivity contribution in [2.24, 2.45) is 0 Å². The zero-order chi connectivity index (χ0) is 19.1. The van der Waals surface area contributed by atoms with Crippen LogP contribution in [-0.4, -0.2) is 37.4 Å². The predicted molar refractivity (Wildman–Crippen MR) is 107 cm³/mol. The molecular weight excluding hydrogens is 350 g/mol. The second-order valence-electron chi connectivity index (χ2n) is 6.30. The summed E-state index contributed by atoms with van der Waals surface area (Å²) in [4.78, 5) is 25.3. The zero-order valence-electron chi connectivity index (χ0n) is 15.3. The van der Waals surface area contributed by atoms with Crippen LogP contribution in [0.25, 0.3) is 0 Å². The average molecular weight is 374 g/mol. The average Bonchev–Trinajstić information content (AvgIpc) is 2.62. The molecule has 0 spiro atoms. The normalized spacial score (nSPS) is 10.3. The summed E-state index contributed by atoms with van der Waals surface area (Å²) in [6, 6.07) is 13.1. The van der Waals surface area contributed by atoms with Gasteiger partial charge in [0.15, 0.2) is 0 Å². The van der Waals surface area contributed by atoms with E-state index in [1.165, 1.54) is 0 Å². The maximum Gasteiger partial charge on any atom is 0.243 e. The highest BCUT2D eigenvalue weighted by Crippen LogP contribution is 2.22. The second-order valence-corrected chi connectivity index (χ2v) is 6.71. The van der Waals surface area contributed by atoms with Gasteiger partial charge in [0.05, 0.1) is 6.54 Å². The van der Waals surface area contributed by atoms with E-state index in [2.05, 4.69) is 10.6 Å². The number of carbonyl (C=O) groups is 2. The summed E-state index contributed by atoms with van der Waals surface area (Å²) < 4.78 is 0. The molecule has 2 rings (SSSR count). The fourth-order valence-corrected chi connectivity index (χ4v) is 2.58. The molecule has 6 heteroatoms. The van der Waals surface area contributed by atoms with Crippen molar-refractivity contribution in [1.82, 2.24) is 4.90 Å². The van der Waals surface area contributed by atoms with Gasteiger partial charge >= 0.3 is 0 Å². The van der Waals surface area contributed by atoms with E-state index in [0.29, 0.717) is 17.9 Å². The van der Waals surface area contributed by atoms with E-state index < -0.39 is 0 Å². The summed E-state index contributed by atoms with van der Waals surface area (Å²) in [5, 5.41) is 6.60. The van der Waals surface area contributed by atoms with Crippen molar-refractivity contribution in [2.75, 3.05) is 31.3 Å². The first-order valence-electron chi connectivity index (χ1n) is 8.44. The highest BCUT2D eigenvalue weighted by atomic mass is 35.5. The number of rotatable bonds is 7. The molecule has 0 aliphatic carbocycles. The number of amides is 2. The van der Waals surface area contributed by atoms with Crippen molar-refractivity contribution in [3.63, 3.8) is 0 Å². The molecular formula is C20H24ClN3O2. The number of benzene rings is 2.